The third kappa shape index (κ3) is 13.8. The molecule has 404 valence electrons. The number of aliphatic hydroxyl groups is 3. The van der Waals surface area contributed by atoms with Crippen LogP contribution in [0.1, 0.15) is 94.5 Å². The summed E-state index contributed by atoms with van der Waals surface area (Å²) in [6.45, 7) is -0.752. The second-order valence-corrected chi connectivity index (χ2v) is 17.8. The molecule has 5 rings (SSSR count). The van der Waals surface area contributed by atoms with Crippen LogP contribution in [0.15, 0.2) is 28.2 Å². The molecule has 8 atom stereocenters. The average Bonchev–Trinajstić information content (AvgIpc) is 3.35. The molecule has 1 fully saturated rings. The maximum Gasteiger partial charge on any atom is 0.243 e. The van der Waals surface area contributed by atoms with E-state index in [1.54, 1.807) is 0 Å². The Balaban J connectivity index is 1.40. The Bertz CT molecular complexity index is 2550. The predicted molar refractivity (Wildman–Crippen MR) is 259 cm³/mol. The lowest BCUT2D eigenvalue weighted by Crippen LogP contribution is -2.60. The Morgan fingerprint density at radius 2 is 1.43 bits per heavy atom. The summed E-state index contributed by atoms with van der Waals surface area (Å²) in [5.41, 5.74) is 17.2. The van der Waals surface area contributed by atoms with Gasteiger partial charge in [0.05, 0.1) is 61.7 Å². The lowest BCUT2D eigenvalue weighted by Gasteiger charge is -2.43. The molecule has 28 heteroatoms. The predicted octanol–water partition coefficient (Wildman–Crippen LogP) is -5.31. The fourth-order valence-corrected chi connectivity index (χ4v) is 8.85. The van der Waals surface area contributed by atoms with Gasteiger partial charge in [0.15, 0.2) is 29.8 Å². The summed E-state index contributed by atoms with van der Waals surface area (Å²) in [6.07, 6.45) is -7.33. The number of nitrogens with zero attached hydrogens (tertiary/aromatic N) is 2. The van der Waals surface area contributed by atoms with Gasteiger partial charge in [0.25, 0.3) is 0 Å². The van der Waals surface area contributed by atoms with Crippen LogP contribution in [0, 0.1) is 0 Å². The lowest BCUT2D eigenvalue weighted by atomic mass is 9.72. The minimum atomic E-state index is -2.47. The number of carbonyl (C=O) groups is 8. The Labute approximate surface area is 423 Å². The van der Waals surface area contributed by atoms with Gasteiger partial charge in [-0.05, 0) is 45.7 Å². The molecule has 2 aromatic carbocycles. The van der Waals surface area contributed by atoms with Crippen LogP contribution < -0.4 is 59.6 Å². The van der Waals surface area contributed by atoms with Crippen LogP contribution in [0.2, 0.25) is 0 Å². The van der Waals surface area contributed by atoms with Crippen LogP contribution in [0.3, 0.4) is 0 Å². The maximum absolute atomic E-state index is 14.3. The minimum absolute atomic E-state index is 0.0000500. The van der Waals surface area contributed by atoms with Crippen LogP contribution in [0.4, 0.5) is 0 Å². The number of nitrogens with two attached hydrogens (primary N) is 4. The first kappa shape index (κ1) is 57.4. The number of benzene rings is 2. The van der Waals surface area contributed by atoms with Crippen molar-refractivity contribution in [3.05, 3.63) is 51.6 Å². The zero-order valence-electron chi connectivity index (χ0n) is 40.9. The van der Waals surface area contributed by atoms with Gasteiger partial charge in [0, 0.05) is 49.0 Å². The van der Waals surface area contributed by atoms with Crippen LogP contribution >= 0.6 is 0 Å². The molecule has 5 amide bonds. The number of hydrogen-bond donors (Lipinski definition) is 15. The first-order valence-electron chi connectivity index (χ1n) is 23.5. The molecule has 0 saturated carbocycles. The number of methoxy groups -OCH3 is 1. The molecule has 19 N–H and O–H groups in total. The number of likely N-dealkylation sites (N-methyl/N-ethyl adjacent to an activating group) is 1. The van der Waals surface area contributed by atoms with Crippen LogP contribution in [-0.2, 0) is 44.7 Å². The van der Waals surface area contributed by atoms with Crippen molar-refractivity contribution in [1.29, 1.82) is 0 Å². The van der Waals surface area contributed by atoms with Gasteiger partial charge in [0.1, 0.15) is 47.6 Å². The van der Waals surface area contributed by atoms with E-state index < -0.39 is 150 Å². The Morgan fingerprint density at radius 1 is 0.838 bits per heavy atom. The third-order valence-corrected chi connectivity index (χ3v) is 12.5. The van der Waals surface area contributed by atoms with Crippen molar-refractivity contribution in [3.63, 3.8) is 0 Å². The molecule has 1 heterocycles. The largest absolute Gasteiger partial charge is 0.507 e. The van der Waals surface area contributed by atoms with E-state index in [9.17, 15) is 63.9 Å². The smallest absolute Gasteiger partial charge is 0.243 e. The molecule has 3 unspecified atom stereocenters. The molecule has 0 radical (unpaired) electrons. The lowest BCUT2D eigenvalue weighted by molar-refractivity contribution is -0.249. The topological polar surface area (TPSA) is 466 Å². The first-order chi connectivity index (χ1) is 35.0. The summed E-state index contributed by atoms with van der Waals surface area (Å²) < 4.78 is 17.6. The highest BCUT2D eigenvalue weighted by Crippen LogP contribution is 2.52. The third-order valence-electron chi connectivity index (χ3n) is 12.5. The van der Waals surface area contributed by atoms with E-state index in [1.165, 1.54) is 39.3 Å². The SMILES string of the molecule is CNCC(=O)NCC(=O)NCC(=O)NC(CCCN=C(N)N)C(=O)NC(CCCN=C(N)N)C(=O)N[C@@H]1C[C@@H](OC2C[C@@](O)(C(=O)CO)Cc3c(O)c4c(c(O)c32)C(=O)c2c(OC)cccc2C4=O)O[C@H](C)[C@@H]1O. The number of phenols is 2. The highest BCUT2D eigenvalue weighted by Gasteiger charge is 2.50. The van der Waals surface area contributed by atoms with Crippen molar-refractivity contribution in [2.24, 2.45) is 32.9 Å². The van der Waals surface area contributed by atoms with Gasteiger partial charge >= 0.3 is 0 Å². The number of nitrogens with one attached hydrogen (secondary N) is 6. The summed E-state index contributed by atoms with van der Waals surface area (Å²) in [4.78, 5) is 114. The molecule has 1 aliphatic heterocycles. The van der Waals surface area contributed by atoms with E-state index >= 15 is 0 Å². The van der Waals surface area contributed by atoms with Gasteiger partial charge in [-0.25, -0.2) is 0 Å². The number of aliphatic imine (C=N–C) groups is 2. The van der Waals surface area contributed by atoms with Gasteiger partial charge in [-0.1, -0.05) is 12.1 Å². The molecule has 2 aromatic rings. The number of amides is 5. The summed E-state index contributed by atoms with van der Waals surface area (Å²) in [5.74, 6) is -8.69. The molecule has 2 aliphatic carbocycles. The van der Waals surface area contributed by atoms with Crippen LogP contribution in [0.25, 0.3) is 0 Å². The normalized spacial score (nSPS) is 21.5. The van der Waals surface area contributed by atoms with Gasteiger partial charge in [-0.3, -0.25) is 48.3 Å². The number of hydrogen-bond acceptors (Lipinski definition) is 19. The van der Waals surface area contributed by atoms with E-state index in [0.29, 0.717) is 0 Å². The van der Waals surface area contributed by atoms with E-state index in [4.69, 9.17) is 37.1 Å². The van der Waals surface area contributed by atoms with Gasteiger partial charge in [-0.2, -0.15) is 0 Å². The number of carbonyl (C=O) groups excluding carboxylic acids is 8. The highest BCUT2D eigenvalue weighted by molar-refractivity contribution is 6.31. The average molecular weight is 1040 g/mol. The fraction of sp³-hybridized carbons (Fsp3) is 0.522. The number of phenolic OH excluding ortho intramolecular Hbond substituents is 2. The molecule has 3 aliphatic rings. The molecule has 1 saturated heterocycles. The molecule has 0 aromatic heterocycles. The Morgan fingerprint density at radius 3 is 2.03 bits per heavy atom. The van der Waals surface area contributed by atoms with E-state index in [2.05, 4.69) is 41.9 Å². The standard InChI is InChI=1S/C46H64N12O16/c1-20-37(64)25(58-43(70)24(9-6-12-53-45(49)50)57-42(69)23(8-5-11-52-44(47)48)56-31(63)18-55-30(62)17-54-29(61)16-51-2)13-32(73-20)74-27-15-46(71,28(60)19-59)14-22-34(27)41(68)36-35(39(22)66)38(65)21-7-4-10-26(72-3)33(21)40(36)67/h4,7,10,20,23-25,27,32,37,51,59,64,66,68,71H,5-6,8-9,11-19H2,1-3H3,(H,54,61)(H,55,62)(H,56,63)(H,57,69)(H,58,70)(H4,47,48,52)(H4,49,50,53)/t20-,23?,24?,25-,27?,32-,37+,46-/m1/s1. The number of guanidine groups is 2. The maximum atomic E-state index is 14.3. The molecule has 0 spiro atoms. The summed E-state index contributed by atoms with van der Waals surface area (Å²) in [6, 6.07) is 0.240. The summed E-state index contributed by atoms with van der Waals surface area (Å²) in [7, 11) is 2.81. The van der Waals surface area contributed by atoms with Crippen molar-refractivity contribution in [3.8, 4) is 17.2 Å². The summed E-state index contributed by atoms with van der Waals surface area (Å²) in [5, 5.41) is 71.8. The minimum Gasteiger partial charge on any atom is -0.507 e. The Kier molecular flexibility index (Phi) is 19.7. The highest BCUT2D eigenvalue weighted by atomic mass is 16.7. The van der Waals surface area contributed by atoms with E-state index in [0.717, 1.165) is 0 Å². The van der Waals surface area contributed by atoms with Crippen molar-refractivity contribution < 1.29 is 78.1 Å². The number of ether oxygens (including phenoxy) is 3. The molecule has 28 nitrogen and oxygen atoms in total. The van der Waals surface area contributed by atoms with Gasteiger partial charge in [-0.15, -0.1) is 0 Å². The zero-order chi connectivity index (χ0) is 54.6. The molecule has 74 heavy (non-hydrogen) atoms. The monoisotopic (exact) mass is 1040 g/mol. The first-order valence-corrected chi connectivity index (χ1v) is 23.5. The van der Waals surface area contributed by atoms with Crippen molar-refractivity contribution >= 4 is 58.8 Å². The van der Waals surface area contributed by atoms with Crippen molar-refractivity contribution in [2.45, 2.75) is 100 Å². The van der Waals surface area contributed by atoms with Crippen LogP contribution in [0.5, 0.6) is 17.2 Å². The molecular weight excluding hydrogens is 977 g/mol. The number of fused-ring (bicyclic) bond motifs is 3. The van der Waals surface area contributed by atoms with Gasteiger partial charge in [0.2, 0.25) is 35.3 Å². The number of aliphatic hydroxyl groups excluding tert-OH is 2. The second kappa shape index (κ2) is 25.4. The number of ketones is 3. The Hall–Kier alpha value is -7.50. The van der Waals surface area contributed by atoms with Crippen LogP contribution in [-0.4, -0.2) is 180 Å². The van der Waals surface area contributed by atoms with Crippen molar-refractivity contribution in [2.75, 3.05) is 53.5 Å². The molecular formula is C46H64N12O16. The molecule has 0 bridgehead atoms. The second-order valence-electron chi connectivity index (χ2n) is 17.8. The van der Waals surface area contributed by atoms with Gasteiger partial charge < -0.3 is 94.6 Å². The number of aromatic hydroxyl groups is 2. The number of Topliss-reactive ketones (excluding diaryl/α,β-unsaturated/α-hetero) is 1. The number of rotatable bonds is 24. The summed E-state index contributed by atoms with van der Waals surface area (Å²) >= 11 is 0. The fourth-order valence-electron chi connectivity index (χ4n) is 8.85. The van der Waals surface area contributed by atoms with Crippen molar-refractivity contribution in [1.82, 2.24) is 31.9 Å². The zero-order valence-corrected chi connectivity index (χ0v) is 40.9. The van der Waals surface area contributed by atoms with E-state index in [1.807, 2.05) is 0 Å². The quantitative estimate of drug-likeness (QED) is 0.0172. The van der Waals surface area contributed by atoms with E-state index in [-0.39, 0.29) is 91.7 Å².